The maximum Gasteiger partial charge on any atom is 0.391 e. The molecule has 1 aromatic rings. The number of halogens is 5. The van der Waals surface area contributed by atoms with E-state index in [2.05, 4.69) is 0 Å². The maximum absolute atomic E-state index is 14.2. The largest absolute Gasteiger partial charge is 0.508 e. The van der Waals surface area contributed by atoms with Gasteiger partial charge >= 0.3 is 6.18 Å². The molecule has 2 aliphatic rings. The van der Waals surface area contributed by atoms with Crippen molar-refractivity contribution in [2.75, 3.05) is 0 Å². The number of benzene rings is 1. The van der Waals surface area contributed by atoms with Gasteiger partial charge in [0.25, 0.3) is 0 Å². The topological polar surface area (TPSA) is 20.2 Å². The molecule has 0 heterocycles. The Labute approximate surface area is 149 Å². The van der Waals surface area contributed by atoms with Gasteiger partial charge in [0.1, 0.15) is 11.6 Å². The van der Waals surface area contributed by atoms with Crippen LogP contribution in [0.15, 0.2) is 47.8 Å². The van der Waals surface area contributed by atoms with E-state index in [1.54, 1.807) is 18.2 Å². The molecule has 0 saturated heterocycles. The average Bonchev–Trinajstić information content (AvgIpc) is 2.57. The fourth-order valence-electron chi connectivity index (χ4n) is 4.04. The minimum atomic E-state index is -4.25. The van der Waals surface area contributed by atoms with Gasteiger partial charge in [-0.15, -0.1) is 0 Å². The van der Waals surface area contributed by atoms with Crippen LogP contribution < -0.4 is 0 Å². The molecular formula is C20H21F5O. The summed E-state index contributed by atoms with van der Waals surface area (Å²) < 4.78 is 67.6. The first-order valence-electron chi connectivity index (χ1n) is 8.68. The van der Waals surface area contributed by atoms with Crippen molar-refractivity contribution in [2.45, 2.75) is 56.3 Å². The van der Waals surface area contributed by atoms with Crippen molar-refractivity contribution in [3.8, 4) is 5.75 Å². The Morgan fingerprint density at radius 3 is 2.15 bits per heavy atom. The normalized spacial score (nSPS) is 32.8. The summed E-state index contributed by atoms with van der Waals surface area (Å²) in [6.07, 6.45) is -1.39. The van der Waals surface area contributed by atoms with E-state index < -0.39 is 29.0 Å². The number of rotatable bonds is 2. The molecule has 0 aliphatic heterocycles. The van der Waals surface area contributed by atoms with E-state index in [0.717, 1.165) is 13.0 Å². The molecule has 1 saturated carbocycles. The third-order valence-electron chi connectivity index (χ3n) is 5.76. The van der Waals surface area contributed by atoms with Crippen LogP contribution in [-0.2, 0) is 5.41 Å². The first kappa shape index (κ1) is 18.9. The SMILES string of the molecule is CC1(F)CC=C(C2(c3ccc(O)cc3)CCC(C(F)(F)F)CC2)C=C1F. The molecule has 0 amide bonds. The van der Waals surface area contributed by atoms with E-state index in [0.29, 0.717) is 11.1 Å². The van der Waals surface area contributed by atoms with Crippen LogP contribution in [0.3, 0.4) is 0 Å². The summed E-state index contributed by atoms with van der Waals surface area (Å²) in [6.45, 7) is 1.15. The summed E-state index contributed by atoms with van der Waals surface area (Å²) in [5.41, 5.74) is -1.64. The standard InChI is InChI=1S/C20H21F5O/c1-18(22)9-6-15(12-17(18)21)19(13-2-4-16(26)5-3-13)10-7-14(8-11-19)20(23,24)25/h2-6,12,14,26H,7-11H2,1H3. The molecule has 26 heavy (non-hydrogen) atoms. The highest BCUT2D eigenvalue weighted by Gasteiger charge is 2.48. The van der Waals surface area contributed by atoms with E-state index in [4.69, 9.17) is 0 Å². The maximum atomic E-state index is 14.2. The van der Waals surface area contributed by atoms with Crippen LogP contribution in [0.4, 0.5) is 22.0 Å². The summed E-state index contributed by atoms with van der Waals surface area (Å²) in [5.74, 6) is -2.23. The Balaban J connectivity index is 2.00. The van der Waals surface area contributed by atoms with Crippen molar-refractivity contribution in [1.82, 2.24) is 0 Å². The lowest BCUT2D eigenvalue weighted by molar-refractivity contribution is -0.184. The molecule has 0 aromatic heterocycles. The predicted molar refractivity (Wildman–Crippen MR) is 89.2 cm³/mol. The monoisotopic (exact) mass is 372 g/mol. The molecule has 1 nitrogen and oxygen atoms in total. The molecule has 1 fully saturated rings. The molecule has 0 radical (unpaired) electrons. The fourth-order valence-corrected chi connectivity index (χ4v) is 4.04. The molecular weight excluding hydrogens is 351 g/mol. The second kappa shape index (κ2) is 6.39. The zero-order valence-electron chi connectivity index (χ0n) is 14.4. The highest BCUT2D eigenvalue weighted by atomic mass is 19.4. The summed E-state index contributed by atoms with van der Waals surface area (Å²) in [7, 11) is 0. The van der Waals surface area contributed by atoms with Gasteiger partial charge in [-0.05, 0) is 62.0 Å². The van der Waals surface area contributed by atoms with E-state index >= 15 is 0 Å². The summed E-state index contributed by atoms with van der Waals surface area (Å²) in [6, 6.07) is 6.24. The van der Waals surface area contributed by atoms with Crippen LogP contribution in [0.25, 0.3) is 0 Å². The minimum absolute atomic E-state index is 0.0450. The zero-order chi connectivity index (χ0) is 19.2. The Morgan fingerprint density at radius 2 is 1.65 bits per heavy atom. The molecule has 142 valence electrons. The Bertz CT molecular complexity index is 720. The first-order valence-corrected chi connectivity index (χ1v) is 8.68. The van der Waals surface area contributed by atoms with Gasteiger partial charge in [-0.2, -0.15) is 13.2 Å². The molecule has 0 spiro atoms. The van der Waals surface area contributed by atoms with Crippen molar-refractivity contribution in [2.24, 2.45) is 5.92 Å². The van der Waals surface area contributed by atoms with Gasteiger partial charge in [0, 0.05) is 11.8 Å². The number of aromatic hydroxyl groups is 1. The number of hydrogen-bond donors (Lipinski definition) is 1. The predicted octanol–water partition coefficient (Wildman–Crippen LogP) is 6.29. The van der Waals surface area contributed by atoms with Crippen molar-refractivity contribution < 1.29 is 27.1 Å². The van der Waals surface area contributed by atoms with Gasteiger partial charge < -0.3 is 5.11 Å². The second-order valence-electron chi connectivity index (χ2n) is 7.50. The number of hydrogen-bond acceptors (Lipinski definition) is 1. The van der Waals surface area contributed by atoms with Gasteiger partial charge in [-0.3, -0.25) is 0 Å². The van der Waals surface area contributed by atoms with Crippen LogP contribution in [0.5, 0.6) is 5.75 Å². The molecule has 1 unspecified atom stereocenters. The molecule has 1 atom stereocenters. The summed E-state index contributed by atoms with van der Waals surface area (Å²) in [5, 5.41) is 9.52. The second-order valence-corrected chi connectivity index (χ2v) is 7.50. The van der Waals surface area contributed by atoms with Gasteiger partial charge in [0.2, 0.25) is 0 Å². The number of allylic oxidation sites excluding steroid dienone is 4. The van der Waals surface area contributed by atoms with Gasteiger partial charge in [-0.25, -0.2) is 8.78 Å². The molecule has 0 bridgehead atoms. The smallest absolute Gasteiger partial charge is 0.391 e. The number of phenolic OH excluding ortho intramolecular Hbond substituents is 1. The zero-order valence-corrected chi connectivity index (χ0v) is 14.4. The lowest BCUT2D eigenvalue weighted by atomic mass is 9.61. The van der Waals surface area contributed by atoms with E-state index in [-0.39, 0.29) is 37.9 Å². The van der Waals surface area contributed by atoms with Gasteiger partial charge in [0.05, 0.1) is 5.92 Å². The Morgan fingerprint density at radius 1 is 1.08 bits per heavy atom. The highest BCUT2D eigenvalue weighted by Crippen LogP contribution is 2.52. The van der Waals surface area contributed by atoms with Crippen LogP contribution >= 0.6 is 0 Å². The number of phenols is 1. The van der Waals surface area contributed by atoms with E-state index in [9.17, 15) is 27.1 Å². The van der Waals surface area contributed by atoms with Crippen LogP contribution in [0.1, 0.15) is 44.6 Å². The van der Waals surface area contributed by atoms with Crippen molar-refractivity contribution >= 4 is 0 Å². The lowest BCUT2D eigenvalue weighted by Crippen LogP contribution is -2.38. The number of alkyl halides is 4. The summed E-state index contributed by atoms with van der Waals surface area (Å²) >= 11 is 0. The third kappa shape index (κ3) is 3.38. The van der Waals surface area contributed by atoms with Gasteiger partial charge in [0.15, 0.2) is 5.67 Å². The fraction of sp³-hybridized carbons (Fsp3) is 0.500. The quantitative estimate of drug-likeness (QED) is 0.605. The van der Waals surface area contributed by atoms with Crippen LogP contribution in [0.2, 0.25) is 0 Å². The van der Waals surface area contributed by atoms with Crippen molar-refractivity contribution in [3.63, 3.8) is 0 Å². The van der Waals surface area contributed by atoms with Gasteiger partial charge in [-0.1, -0.05) is 18.2 Å². The minimum Gasteiger partial charge on any atom is -0.508 e. The Kier molecular flexibility index (Phi) is 4.65. The van der Waals surface area contributed by atoms with Crippen LogP contribution in [0, 0.1) is 5.92 Å². The molecule has 3 rings (SSSR count). The van der Waals surface area contributed by atoms with Crippen molar-refractivity contribution in [1.29, 1.82) is 0 Å². The molecule has 1 aromatic carbocycles. The van der Waals surface area contributed by atoms with E-state index in [1.165, 1.54) is 12.1 Å². The average molecular weight is 372 g/mol. The molecule has 2 aliphatic carbocycles. The molecule has 1 N–H and O–H groups in total. The first-order chi connectivity index (χ1) is 12.0. The molecule has 6 heteroatoms. The highest BCUT2D eigenvalue weighted by molar-refractivity contribution is 5.47. The lowest BCUT2D eigenvalue weighted by Gasteiger charge is -2.43. The van der Waals surface area contributed by atoms with Crippen LogP contribution in [-0.4, -0.2) is 17.0 Å². The third-order valence-corrected chi connectivity index (χ3v) is 5.76. The van der Waals surface area contributed by atoms with Crippen molar-refractivity contribution in [3.05, 3.63) is 53.4 Å². The summed E-state index contributed by atoms with van der Waals surface area (Å²) in [4.78, 5) is 0. The Hall–Kier alpha value is -1.85. The van der Waals surface area contributed by atoms with E-state index in [1.807, 2.05) is 0 Å².